The van der Waals surface area contributed by atoms with Gasteiger partial charge in [0.05, 0.1) is 61.0 Å². The summed E-state index contributed by atoms with van der Waals surface area (Å²) in [6.07, 6.45) is 2.70. The number of nitrogens with zero attached hydrogens (tertiary/aromatic N) is 6. The molecule has 0 saturated carbocycles. The van der Waals surface area contributed by atoms with E-state index in [1.54, 1.807) is 43.5 Å². The highest BCUT2D eigenvalue weighted by molar-refractivity contribution is 7.92. The maximum absolute atomic E-state index is 13.3. The molecule has 0 bridgehead atoms. The number of anilines is 6. The molecule has 0 spiro atoms. The third-order valence-corrected chi connectivity index (χ3v) is 11.8. The number of imide groups is 2. The molecule has 7 rings (SSSR count). The van der Waals surface area contributed by atoms with Crippen LogP contribution in [-0.4, -0.2) is 131 Å². The quantitative estimate of drug-likeness (QED) is 0.109. The van der Waals surface area contributed by atoms with Crippen molar-refractivity contribution in [2.75, 3.05) is 92.8 Å². The van der Waals surface area contributed by atoms with Crippen LogP contribution in [-0.2, 0) is 24.3 Å². The fraction of sp³-hybridized carbons (Fsp3) is 0.350. The van der Waals surface area contributed by atoms with Gasteiger partial charge in [-0.1, -0.05) is 29.8 Å². The van der Waals surface area contributed by atoms with E-state index in [0.29, 0.717) is 36.0 Å². The molecule has 1 unspecified atom stereocenters. The van der Waals surface area contributed by atoms with Gasteiger partial charge in [0.2, 0.25) is 27.8 Å². The Morgan fingerprint density at radius 2 is 1.70 bits per heavy atom. The lowest BCUT2D eigenvalue weighted by molar-refractivity contribution is -0.136. The summed E-state index contributed by atoms with van der Waals surface area (Å²) in [7, 11) is -0.462. The number of sulfonamides is 1. The second-order valence-corrected chi connectivity index (χ2v) is 16.6. The summed E-state index contributed by atoms with van der Waals surface area (Å²) in [5.74, 6) is -0.955. The molecular formula is C40H44ClN9O9S. The average Bonchev–Trinajstić information content (AvgIpc) is 3.49. The first kappa shape index (κ1) is 42.1. The van der Waals surface area contributed by atoms with E-state index in [1.165, 1.54) is 23.6 Å². The van der Waals surface area contributed by atoms with Crippen LogP contribution in [0.5, 0.6) is 11.5 Å². The van der Waals surface area contributed by atoms with Crippen LogP contribution < -0.4 is 34.6 Å². The molecule has 1 aromatic heterocycles. The SMILES string of the molecule is COc1cc(N2CCN(CCOCCOc3cccc4c3C(=O)N(C3CCC(=O)NC3=O)C4=O)CC2)ccc1Nc1ncc(Cl)c(Nc2ccccc2N(C)S(C)(=O)=O)n1. The van der Waals surface area contributed by atoms with Crippen LogP contribution in [0, 0.1) is 0 Å². The van der Waals surface area contributed by atoms with E-state index in [9.17, 15) is 27.6 Å². The number of amides is 4. The Morgan fingerprint density at radius 3 is 2.45 bits per heavy atom. The molecule has 3 aliphatic rings. The van der Waals surface area contributed by atoms with E-state index in [0.717, 1.165) is 43.0 Å². The largest absolute Gasteiger partial charge is 0.494 e. The third-order valence-electron chi connectivity index (χ3n) is 10.4. The molecule has 3 aliphatic heterocycles. The number of ether oxygens (including phenoxy) is 3. The molecule has 4 aromatic rings. The van der Waals surface area contributed by atoms with Crippen molar-refractivity contribution in [2.45, 2.75) is 18.9 Å². The molecule has 0 radical (unpaired) electrons. The number of para-hydroxylation sites is 2. The van der Waals surface area contributed by atoms with E-state index in [1.807, 2.05) is 18.2 Å². The fourth-order valence-electron chi connectivity index (χ4n) is 7.12. The Hall–Kier alpha value is -6.02. The summed E-state index contributed by atoms with van der Waals surface area (Å²) in [5, 5.41) is 8.77. The van der Waals surface area contributed by atoms with Gasteiger partial charge in [0, 0.05) is 57.9 Å². The molecule has 2 saturated heterocycles. The molecule has 4 heterocycles. The lowest BCUT2D eigenvalue weighted by Crippen LogP contribution is -2.54. The topological polar surface area (TPSA) is 205 Å². The first-order valence-corrected chi connectivity index (χ1v) is 21.3. The number of piperidine rings is 1. The number of carbonyl (C=O) groups is 4. The van der Waals surface area contributed by atoms with Gasteiger partial charge in [0.1, 0.15) is 29.2 Å². The van der Waals surface area contributed by atoms with Crippen LogP contribution in [0.4, 0.5) is 34.5 Å². The highest BCUT2D eigenvalue weighted by Crippen LogP contribution is 2.36. The minimum atomic E-state index is -3.52. The summed E-state index contributed by atoms with van der Waals surface area (Å²) in [4.78, 5) is 64.7. The van der Waals surface area contributed by atoms with Crippen LogP contribution in [0.3, 0.4) is 0 Å². The molecule has 1 atom stereocenters. The molecule has 2 fully saturated rings. The molecule has 0 aliphatic carbocycles. The highest BCUT2D eigenvalue weighted by atomic mass is 35.5. The number of hydrogen-bond donors (Lipinski definition) is 3. The second kappa shape index (κ2) is 18.1. The number of methoxy groups -OCH3 is 1. The number of fused-ring (bicyclic) bond motifs is 1. The van der Waals surface area contributed by atoms with Gasteiger partial charge in [-0.15, -0.1) is 0 Å². The smallest absolute Gasteiger partial charge is 0.266 e. The Kier molecular flexibility index (Phi) is 12.7. The van der Waals surface area contributed by atoms with Crippen LogP contribution in [0.2, 0.25) is 5.02 Å². The maximum Gasteiger partial charge on any atom is 0.266 e. The summed E-state index contributed by atoms with van der Waals surface area (Å²) < 4.78 is 43.1. The first-order valence-electron chi connectivity index (χ1n) is 19.1. The van der Waals surface area contributed by atoms with Crippen molar-refractivity contribution in [2.24, 2.45) is 0 Å². The maximum atomic E-state index is 13.3. The molecule has 316 valence electrons. The monoisotopic (exact) mass is 861 g/mol. The highest BCUT2D eigenvalue weighted by Gasteiger charge is 2.46. The van der Waals surface area contributed by atoms with Gasteiger partial charge in [-0.2, -0.15) is 4.98 Å². The number of halogens is 1. The Labute approximate surface area is 351 Å². The van der Waals surface area contributed by atoms with Gasteiger partial charge in [-0.3, -0.25) is 38.6 Å². The number of carbonyl (C=O) groups excluding carboxylic acids is 4. The van der Waals surface area contributed by atoms with Crippen LogP contribution >= 0.6 is 11.6 Å². The predicted octanol–water partition coefficient (Wildman–Crippen LogP) is 3.64. The molecule has 18 nitrogen and oxygen atoms in total. The van der Waals surface area contributed by atoms with Crippen LogP contribution in [0.25, 0.3) is 0 Å². The van der Waals surface area contributed by atoms with E-state index in [-0.39, 0.29) is 59.7 Å². The van der Waals surface area contributed by atoms with E-state index < -0.39 is 39.7 Å². The van der Waals surface area contributed by atoms with Gasteiger partial charge < -0.3 is 29.7 Å². The standard InChI is InChI=1S/C40H44ClN9O9S/c1-47(60(3,55)56)30-9-5-4-8-28(30)43-36-27(41)24-42-40(46-36)44-29-12-11-25(23-33(29)57-2)49-17-15-48(16-18-49)19-20-58-21-22-59-32-10-6-7-26-35(32)39(54)50(38(26)53)31-13-14-34(51)45-37(31)52/h4-12,23-24,31H,13-22H2,1-3H3,(H,45,51,52)(H2,42,43,44,46). The van der Waals surface area contributed by atoms with Crippen molar-refractivity contribution >= 4 is 79.8 Å². The third kappa shape index (κ3) is 9.23. The minimum Gasteiger partial charge on any atom is -0.494 e. The van der Waals surface area contributed by atoms with Crippen molar-refractivity contribution in [3.05, 3.63) is 83.0 Å². The Bertz CT molecular complexity index is 2410. The number of rotatable bonds is 16. The fourth-order valence-corrected chi connectivity index (χ4v) is 7.77. The number of nitrogens with one attached hydrogen (secondary N) is 3. The van der Waals surface area contributed by atoms with Crippen molar-refractivity contribution in [3.8, 4) is 11.5 Å². The normalized spacial score (nSPS) is 17.0. The number of hydrogen-bond acceptors (Lipinski definition) is 15. The second-order valence-electron chi connectivity index (χ2n) is 14.2. The zero-order chi connectivity index (χ0) is 42.6. The van der Waals surface area contributed by atoms with Gasteiger partial charge in [-0.25, -0.2) is 13.4 Å². The molecule has 3 aromatic carbocycles. The summed E-state index contributed by atoms with van der Waals surface area (Å²) >= 11 is 6.44. The van der Waals surface area contributed by atoms with E-state index >= 15 is 0 Å². The summed E-state index contributed by atoms with van der Waals surface area (Å²) in [6.45, 7) is 4.80. The minimum absolute atomic E-state index is 0.0434. The van der Waals surface area contributed by atoms with Gasteiger partial charge in [0.25, 0.3) is 11.8 Å². The molecule has 4 amide bonds. The average molecular weight is 862 g/mol. The van der Waals surface area contributed by atoms with Crippen molar-refractivity contribution < 1.29 is 41.8 Å². The summed E-state index contributed by atoms with van der Waals surface area (Å²) in [5.41, 5.74) is 2.81. The van der Waals surface area contributed by atoms with Crippen molar-refractivity contribution in [3.63, 3.8) is 0 Å². The molecule has 3 N–H and O–H groups in total. The van der Waals surface area contributed by atoms with E-state index in [4.69, 9.17) is 25.8 Å². The van der Waals surface area contributed by atoms with Crippen molar-refractivity contribution in [1.82, 2.24) is 25.1 Å². The van der Waals surface area contributed by atoms with Gasteiger partial charge in [0.15, 0.2) is 5.82 Å². The molecule has 20 heteroatoms. The predicted molar refractivity (Wildman–Crippen MR) is 224 cm³/mol. The Balaban J connectivity index is 0.869. The number of aromatic nitrogens is 2. The van der Waals surface area contributed by atoms with Crippen LogP contribution in [0.15, 0.2) is 66.9 Å². The Morgan fingerprint density at radius 1 is 0.917 bits per heavy atom. The number of piperazine rings is 1. The summed E-state index contributed by atoms with van der Waals surface area (Å²) in [6, 6.07) is 16.5. The van der Waals surface area contributed by atoms with Crippen LogP contribution in [0.1, 0.15) is 33.6 Å². The lowest BCUT2D eigenvalue weighted by atomic mass is 10.0. The van der Waals surface area contributed by atoms with Gasteiger partial charge >= 0.3 is 0 Å². The first-order chi connectivity index (χ1) is 28.8. The number of benzene rings is 3. The zero-order valence-electron chi connectivity index (χ0n) is 33.1. The van der Waals surface area contributed by atoms with E-state index in [2.05, 4.69) is 35.7 Å². The lowest BCUT2D eigenvalue weighted by Gasteiger charge is -2.36. The molecule has 60 heavy (non-hydrogen) atoms. The zero-order valence-corrected chi connectivity index (χ0v) is 34.7. The van der Waals surface area contributed by atoms with Gasteiger partial charge in [-0.05, 0) is 42.8 Å². The van der Waals surface area contributed by atoms with Crippen molar-refractivity contribution in [1.29, 1.82) is 0 Å². The molecular weight excluding hydrogens is 818 g/mol.